The zero-order valence-corrected chi connectivity index (χ0v) is 15.6. The van der Waals surface area contributed by atoms with E-state index in [9.17, 15) is 14.4 Å². The third-order valence-electron chi connectivity index (χ3n) is 3.46. The molecule has 0 aliphatic heterocycles. The monoisotopic (exact) mass is 376 g/mol. The molecule has 0 saturated heterocycles. The van der Waals surface area contributed by atoms with Crippen molar-refractivity contribution in [3.8, 4) is 5.75 Å². The van der Waals surface area contributed by atoms with E-state index in [0.29, 0.717) is 16.3 Å². The zero-order chi connectivity index (χ0) is 19.1. The number of carbonyl (C=O) groups is 3. The quantitative estimate of drug-likeness (QED) is 0.723. The Kier molecular flexibility index (Phi) is 6.74. The molecule has 1 aromatic carbocycles. The zero-order valence-electron chi connectivity index (χ0n) is 14.8. The molecule has 1 aromatic heterocycles. The molecule has 0 fully saturated rings. The molecule has 0 aliphatic rings. The highest BCUT2D eigenvalue weighted by molar-refractivity contribution is 7.12. The second-order valence-electron chi connectivity index (χ2n) is 5.54. The first-order valence-corrected chi connectivity index (χ1v) is 8.71. The third-order valence-corrected chi connectivity index (χ3v) is 4.45. The van der Waals surface area contributed by atoms with Gasteiger partial charge in [-0.2, -0.15) is 0 Å². The number of benzene rings is 1. The van der Waals surface area contributed by atoms with Crippen LogP contribution in [0, 0.1) is 13.8 Å². The average molecular weight is 376 g/mol. The normalized spacial score (nSPS) is 10.1. The molecule has 0 spiro atoms. The molecular formula is C18H20N2O5S. The fourth-order valence-corrected chi connectivity index (χ4v) is 2.94. The van der Waals surface area contributed by atoms with Crippen molar-refractivity contribution in [2.45, 2.75) is 13.8 Å². The van der Waals surface area contributed by atoms with E-state index < -0.39 is 24.4 Å². The molecule has 0 saturated carbocycles. The standard InChI is InChI=1S/C18H20N2O5S/c1-11-4-5-14(24-3)13(8-11)20-15(21)9-19-16(22)10-25-18(23)17-12(2)6-7-26-17/h4-8H,9-10H2,1-3H3,(H,19,22)(H,20,21). The van der Waals surface area contributed by atoms with Crippen molar-refractivity contribution in [1.29, 1.82) is 0 Å². The number of esters is 1. The molecule has 1 heterocycles. The summed E-state index contributed by atoms with van der Waals surface area (Å²) in [6, 6.07) is 7.17. The number of carbonyl (C=O) groups excluding carboxylic acids is 3. The van der Waals surface area contributed by atoms with Crippen molar-refractivity contribution in [2.24, 2.45) is 0 Å². The predicted molar refractivity (Wildman–Crippen MR) is 98.7 cm³/mol. The topological polar surface area (TPSA) is 93.7 Å². The van der Waals surface area contributed by atoms with Gasteiger partial charge in [0.2, 0.25) is 5.91 Å². The van der Waals surface area contributed by atoms with Crippen LogP contribution in [-0.2, 0) is 14.3 Å². The summed E-state index contributed by atoms with van der Waals surface area (Å²) in [6.45, 7) is 2.99. The van der Waals surface area contributed by atoms with Gasteiger partial charge < -0.3 is 20.1 Å². The fraction of sp³-hybridized carbons (Fsp3) is 0.278. The van der Waals surface area contributed by atoms with Crippen molar-refractivity contribution >= 4 is 34.8 Å². The Balaban J connectivity index is 1.78. The number of thiophene rings is 1. The highest BCUT2D eigenvalue weighted by Crippen LogP contribution is 2.24. The van der Waals surface area contributed by atoms with Crippen LogP contribution in [0.4, 0.5) is 5.69 Å². The van der Waals surface area contributed by atoms with E-state index in [4.69, 9.17) is 9.47 Å². The van der Waals surface area contributed by atoms with Crippen LogP contribution in [0.5, 0.6) is 5.75 Å². The lowest BCUT2D eigenvalue weighted by Crippen LogP contribution is -2.35. The van der Waals surface area contributed by atoms with Crippen LogP contribution in [0.15, 0.2) is 29.6 Å². The maximum atomic E-state index is 12.0. The summed E-state index contributed by atoms with van der Waals surface area (Å²) in [5.41, 5.74) is 2.28. The number of methoxy groups -OCH3 is 1. The first kappa shape index (κ1) is 19.5. The summed E-state index contributed by atoms with van der Waals surface area (Å²) in [4.78, 5) is 36.0. The van der Waals surface area contributed by atoms with E-state index in [2.05, 4.69) is 10.6 Å². The molecule has 8 heteroatoms. The van der Waals surface area contributed by atoms with Crippen LogP contribution in [0.3, 0.4) is 0 Å². The van der Waals surface area contributed by atoms with Gasteiger partial charge in [0.1, 0.15) is 10.6 Å². The summed E-state index contributed by atoms with van der Waals surface area (Å²) in [7, 11) is 1.51. The molecule has 2 N–H and O–H groups in total. The molecule has 2 rings (SSSR count). The van der Waals surface area contributed by atoms with Gasteiger partial charge in [0.15, 0.2) is 6.61 Å². The fourth-order valence-electron chi connectivity index (χ4n) is 2.12. The first-order valence-electron chi connectivity index (χ1n) is 7.83. The molecule has 0 bridgehead atoms. The second kappa shape index (κ2) is 9.00. The minimum absolute atomic E-state index is 0.245. The average Bonchev–Trinajstić information content (AvgIpc) is 3.04. The van der Waals surface area contributed by atoms with Gasteiger partial charge in [0.05, 0.1) is 19.3 Å². The Morgan fingerprint density at radius 3 is 2.54 bits per heavy atom. The number of rotatable bonds is 7. The van der Waals surface area contributed by atoms with Crippen LogP contribution in [-0.4, -0.2) is 38.0 Å². The van der Waals surface area contributed by atoms with Gasteiger partial charge in [-0.25, -0.2) is 4.79 Å². The number of aryl methyl sites for hydroxylation is 2. The molecule has 7 nitrogen and oxygen atoms in total. The number of amides is 2. The maximum Gasteiger partial charge on any atom is 0.349 e. The number of ether oxygens (including phenoxy) is 2. The SMILES string of the molecule is COc1ccc(C)cc1NC(=O)CNC(=O)COC(=O)c1sccc1C. The van der Waals surface area contributed by atoms with E-state index in [-0.39, 0.29) is 6.54 Å². The molecule has 0 atom stereocenters. The van der Waals surface area contributed by atoms with Crippen LogP contribution in [0.2, 0.25) is 0 Å². The van der Waals surface area contributed by atoms with Crippen LogP contribution in [0.1, 0.15) is 20.8 Å². The number of nitrogens with one attached hydrogen (secondary N) is 2. The largest absolute Gasteiger partial charge is 0.495 e. The number of hydrogen-bond acceptors (Lipinski definition) is 6. The van der Waals surface area contributed by atoms with Crippen molar-refractivity contribution < 1.29 is 23.9 Å². The van der Waals surface area contributed by atoms with Crippen molar-refractivity contribution in [3.05, 3.63) is 45.6 Å². The minimum Gasteiger partial charge on any atom is -0.495 e. The number of hydrogen-bond donors (Lipinski definition) is 2. The van der Waals surface area contributed by atoms with Gasteiger partial charge in [0.25, 0.3) is 5.91 Å². The molecular weight excluding hydrogens is 356 g/mol. The Bertz CT molecular complexity index is 816. The van der Waals surface area contributed by atoms with Crippen LogP contribution in [0.25, 0.3) is 0 Å². The minimum atomic E-state index is -0.557. The molecule has 2 amide bonds. The van der Waals surface area contributed by atoms with Gasteiger partial charge in [-0.1, -0.05) is 6.07 Å². The summed E-state index contributed by atoms with van der Waals surface area (Å²) in [5.74, 6) is -1.00. The Morgan fingerprint density at radius 2 is 1.88 bits per heavy atom. The van der Waals surface area contributed by atoms with Gasteiger partial charge >= 0.3 is 5.97 Å². The molecule has 2 aromatic rings. The van der Waals surface area contributed by atoms with E-state index in [1.807, 2.05) is 13.0 Å². The highest BCUT2D eigenvalue weighted by atomic mass is 32.1. The van der Waals surface area contributed by atoms with Crippen LogP contribution < -0.4 is 15.4 Å². The molecule has 138 valence electrons. The smallest absolute Gasteiger partial charge is 0.349 e. The van der Waals surface area contributed by atoms with Gasteiger partial charge in [-0.15, -0.1) is 11.3 Å². The van der Waals surface area contributed by atoms with Crippen LogP contribution >= 0.6 is 11.3 Å². The molecule has 26 heavy (non-hydrogen) atoms. The van der Waals surface area contributed by atoms with Gasteiger partial charge in [0, 0.05) is 0 Å². The maximum absolute atomic E-state index is 12.0. The first-order chi connectivity index (χ1) is 12.4. The number of anilines is 1. The lowest BCUT2D eigenvalue weighted by Gasteiger charge is -2.11. The third kappa shape index (κ3) is 5.32. The van der Waals surface area contributed by atoms with Gasteiger partial charge in [-0.05, 0) is 48.6 Å². The van der Waals surface area contributed by atoms with E-state index in [0.717, 1.165) is 11.1 Å². The second-order valence-corrected chi connectivity index (χ2v) is 6.45. The highest BCUT2D eigenvalue weighted by Gasteiger charge is 2.14. The summed E-state index contributed by atoms with van der Waals surface area (Å²) >= 11 is 1.25. The summed E-state index contributed by atoms with van der Waals surface area (Å²) < 4.78 is 10.1. The van der Waals surface area contributed by atoms with Crippen molar-refractivity contribution in [1.82, 2.24) is 5.32 Å². The van der Waals surface area contributed by atoms with E-state index in [1.165, 1.54) is 18.4 Å². The lowest BCUT2D eigenvalue weighted by molar-refractivity contribution is -0.126. The summed E-state index contributed by atoms with van der Waals surface area (Å²) in [6.07, 6.45) is 0. The van der Waals surface area contributed by atoms with E-state index >= 15 is 0 Å². The molecule has 0 aliphatic carbocycles. The van der Waals surface area contributed by atoms with Crippen molar-refractivity contribution in [2.75, 3.05) is 25.6 Å². The Hall–Kier alpha value is -2.87. The lowest BCUT2D eigenvalue weighted by atomic mass is 10.2. The molecule has 0 radical (unpaired) electrons. The van der Waals surface area contributed by atoms with Gasteiger partial charge in [-0.3, -0.25) is 9.59 Å². The Labute approximate surface area is 155 Å². The van der Waals surface area contributed by atoms with Crippen molar-refractivity contribution in [3.63, 3.8) is 0 Å². The van der Waals surface area contributed by atoms with E-state index in [1.54, 1.807) is 30.5 Å². The Morgan fingerprint density at radius 1 is 1.12 bits per heavy atom. The molecule has 0 unspecified atom stereocenters. The summed E-state index contributed by atoms with van der Waals surface area (Å²) in [5, 5.41) is 6.85. The predicted octanol–water partition coefficient (Wildman–Crippen LogP) is 2.29.